The molecule has 1 N–H and O–H groups in total. The molecule has 0 aliphatic heterocycles. The summed E-state index contributed by atoms with van der Waals surface area (Å²) in [5.74, 6) is -1.35. The maximum absolute atomic E-state index is 13.5. The number of alkyl halides is 2. The molecule has 112 valence electrons. The van der Waals surface area contributed by atoms with Crippen molar-refractivity contribution in [2.75, 3.05) is 5.32 Å². The van der Waals surface area contributed by atoms with Crippen LogP contribution in [0.15, 0.2) is 40.9 Å². The lowest BCUT2D eigenvalue weighted by Crippen LogP contribution is -2.05. The number of hydrogen-bond acceptors (Lipinski definition) is 2. The van der Waals surface area contributed by atoms with Gasteiger partial charge >= 0.3 is 6.61 Å². The molecule has 0 saturated carbocycles. The minimum absolute atomic E-state index is 0.376. The fourth-order valence-corrected chi connectivity index (χ4v) is 2.40. The van der Waals surface area contributed by atoms with Gasteiger partial charge in [0.15, 0.2) is 11.6 Å². The van der Waals surface area contributed by atoms with Crippen molar-refractivity contribution in [2.24, 2.45) is 0 Å². The van der Waals surface area contributed by atoms with Crippen LogP contribution >= 0.6 is 27.5 Å². The van der Waals surface area contributed by atoms with Gasteiger partial charge in [0.25, 0.3) is 0 Å². The highest BCUT2D eigenvalue weighted by atomic mass is 79.9. The summed E-state index contributed by atoms with van der Waals surface area (Å²) in [5.41, 5.74) is 1.27. The second-order valence-electron chi connectivity index (χ2n) is 4.11. The topological polar surface area (TPSA) is 21.3 Å². The van der Waals surface area contributed by atoms with E-state index >= 15 is 0 Å². The Hall–Kier alpha value is -1.40. The number of nitrogens with one attached hydrogen (secondary N) is 1. The van der Waals surface area contributed by atoms with E-state index in [4.69, 9.17) is 11.6 Å². The molecule has 2 aromatic carbocycles. The van der Waals surface area contributed by atoms with E-state index in [9.17, 15) is 13.2 Å². The first-order valence-electron chi connectivity index (χ1n) is 5.88. The second-order valence-corrected chi connectivity index (χ2v) is 5.44. The minimum Gasteiger partial charge on any atom is -0.432 e. The lowest BCUT2D eigenvalue weighted by atomic mass is 10.2. The number of anilines is 1. The zero-order valence-electron chi connectivity index (χ0n) is 10.5. The lowest BCUT2D eigenvalue weighted by molar-refractivity contribution is -0.0521. The molecule has 7 heteroatoms. The highest BCUT2D eigenvalue weighted by molar-refractivity contribution is 9.10. The third-order valence-electron chi connectivity index (χ3n) is 2.65. The number of benzene rings is 2. The van der Waals surface area contributed by atoms with E-state index in [0.717, 1.165) is 22.2 Å². The molecule has 2 rings (SSSR count). The Balaban J connectivity index is 2.05. The van der Waals surface area contributed by atoms with Crippen molar-refractivity contribution in [1.29, 1.82) is 0 Å². The van der Waals surface area contributed by atoms with Crippen LogP contribution in [0, 0.1) is 5.82 Å². The fourth-order valence-electron chi connectivity index (χ4n) is 1.66. The van der Waals surface area contributed by atoms with Crippen molar-refractivity contribution in [3.8, 4) is 5.75 Å². The Bertz CT molecular complexity index is 640. The van der Waals surface area contributed by atoms with Gasteiger partial charge in [0, 0.05) is 27.8 Å². The summed E-state index contributed by atoms with van der Waals surface area (Å²) < 4.78 is 42.5. The molecule has 0 aliphatic rings. The number of halogens is 5. The van der Waals surface area contributed by atoms with Gasteiger partial charge in [0.1, 0.15) is 0 Å². The van der Waals surface area contributed by atoms with Crippen LogP contribution in [0.25, 0.3) is 0 Å². The van der Waals surface area contributed by atoms with Crippen LogP contribution in [0.4, 0.5) is 18.9 Å². The molecule has 0 bridgehead atoms. The van der Waals surface area contributed by atoms with E-state index in [1.54, 1.807) is 6.07 Å². The highest BCUT2D eigenvalue weighted by Gasteiger charge is 2.10. The van der Waals surface area contributed by atoms with Gasteiger partial charge in [0.05, 0.1) is 0 Å². The molecular formula is C14H10BrClF3NO. The van der Waals surface area contributed by atoms with Crippen molar-refractivity contribution < 1.29 is 17.9 Å². The standard InChI is InChI=1S/C14H10BrClF3NO/c15-9-2-1-8(11(16)5-9)7-20-10-3-4-13(12(17)6-10)21-14(18)19/h1-6,14,20H,7H2. The molecule has 2 aromatic rings. The van der Waals surface area contributed by atoms with E-state index < -0.39 is 18.2 Å². The summed E-state index contributed by atoms with van der Waals surface area (Å²) in [7, 11) is 0. The van der Waals surface area contributed by atoms with E-state index in [1.807, 2.05) is 12.1 Å². The molecule has 0 unspecified atom stereocenters. The summed E-state index contributed by atoms with van der Waals surface area (Å²) >= 11 is 9.36. The summed E-state index contributed by atoms with van der Waals surface area (Å²) in [6.45, 7) is -2.68. The van der Waals surface area contributed by atoms with Gasteiger partial charge in [-0.15, -0.1) is 0 Å². The van der Waals surface area contributed by atoms with Crippen molar-refractivity contribution >= 4 is 33.2 Å². The number of rotatable bonds is 5. The lowest BCUT2D eigenvalue weighted by Gasteiger charge is -2.10. The number of hydrogen-bond donors (Lipinski definition) is 1. The Kier molecular flexibility index (Phi) is 5.36. The third-order valence-corrected chi connectivity index (χ3v) is 3.49. The molecule has 0 spiro atoms. The average molecular weight is 381 g/mol. The largest absolute Gasteiger partial charge is 0.432 e. The monoisotopic (exact) mass is 379 g/mol. The minimum atomic E-state index is -3.06. The van der Waals surface area contributed by atoms with Crippen LogP contribution in [-0.2, 0) is 6.54 Å². The normalized spacial score (nSPS) is 10.8. The number of ether oxygens (including phenoxy) is 1. The smallest absolute Gasteiger partial charge is 0.387 e. The SMILES string of the molecule is Fc1cc(NCc2ccc(Br)cc2Cl)ccc1OC(F)F. The molecule has 0 radical (unpaired) electrons. The molecule has 0 fully saturated rings. The first-order chi connectivity index (χ1) is 9.95. The van der Waals surface area contributed by atoms with Crippen molar-refractivity contribution in [3.63, 3.8) is 0 Å². The van der Waals surface area contributed by atoms with Gasteiger partial charge in [-0.05, 0) is 29.8 Å². The Morgan fingerprint density at radius 2 is 1.95 bits per heavy atom. The third kappa shape index (κ3) is 4.54. The van der Waals surface area contributed by atoms with Crippen molar-refractivity contribution in [1.82, 2.24) is 0 Å². The zero-order valence-corrected chi connectivity index (χ0v) is 12.9. The predicted octanol–water partition coefficient (Wildman–Crippen LogP) is 5.46. The van der Waals surface area contributed by atoms with Gasteiger partial charge < -0.3 is 10.1 Å². The molecule has 0 amide bonds. The quantitative estimate of drug-likeness (QED) is 0.744. The van der Waals surface area contributed by atoms with E-state index in [2.05, 4.69) is 26.0 Å². The predicted molar refractivity (Wildman–Crippen MR) is 79.5 cm³/mol. The molecule has 21 heavy (non-hydrogen) atoms. The molecular weight excluding hydrogens is 371 g/mol. The highest BCUT2D eigenvalue weighted by Crippen LogP contribution is 2.25. The van der Waals surface area contributed by atoms with Gasteiger partial charge in [-0.3, -0.25) is 0 Å². The fraction of sp³-hybridized carbons (Fsp3) is 0.143. The molecule has 0 heterocycles. The van der Waals surface area contributed by atoms with Crippen LogP contribution in [0.1, 0.15) is 5.56 Å². The molecule has 0 saturated heterocycles. The van der Waals surface area contributed by atoms with E-state index in [0.29, 0.717) is 17.3 Å². The van der Waals surface area contributed by atoms with Crippen LogP contribution in [0.5, 0.6) is 5.75 Å². The summed E-state index contributed by atoms with van der Waals surface area (Å²) in [5, 5.41) is 3.52. The van der Waals surface area contributed by atoms with Crippen molar-refractivity contribution in [2.45, 2.75) is 13.2 Å². The summed E-state index contributed by atoms with van der Waals surface area (Å²) in [4.78, 5) is 0. The summed E-state index contributed by atoms with van der Waals surface area (Å²) in [6.07, 6.45) is 0. The molecule has 0 aromatic heterocycles. The van der Waals surface area contributed by atoms with E-state index in [1.165, 1.54) is 6.07 Å². The average Bonchev–Trinajstić information content (AvgIpc) is 2.40. The molecule has 2 nitrogen and oxygen atoms in total. The van der Waals surface area contributed by atoms with Gasteiger partial charge in [-0.1, -0.05) is 33.6 Å². The van der Waals surface area contributed by atoms with Crippen molar-refractivity contribution in [3.05, 3.63) is 57.3 Å². The second kappa shape index (κ2) is 7.04. The van der Waals surface area contributed by atoms with Gasteiger partial charge in [-0.25, -0.2) is 4.39 Å². The Labute approximate surface area is 133 Å². The first kappa shape index (κ1) is 16.0. The van der Waals surface area contributed by atoms with Crippen LogP contribution in [0.3, 0.4) is 0 Å². The zero-order chi connectivity index (χ0) is 15.4. The Morgan fingerprint density at radius 1 is 1.19 bits per heavy atom. The maximum atomic E-state index is 13.5. The van der Waals surface area contributed by atoms with Gasteiger partial charge in [0.2, 0.25) is 0 Å². The maximum Gasteiger partial charge on any atom is 0.387 e. The Morgan fingerprint density at radius 3 is 2.57 bits per heavy atom. The molecule has 0 aliphatic carbocycles. The van der Waals surface area contributed by atoms with Crippen LogP contribution < -0.4 is 10.1 Å². The molecule has 0 atom stereocenters. The summed E-state index contributed by atoms with van der Waals surface area (Å²) in [6, 6.07) is 9.09. The van der Waals surface area contributed by atoms with Crippen LogP contribution in [-0.4, -0.2) is 6.61 Å². The first-order valence-corrected chi connectivity index (χ1v) is 7.05. The van der Waals surface area contributed by atoms with Crippen LogP contribution in [0.2, 0.25) is 5.02 Å². The van der Waals surface area contributed by atoms with Gasteiger partial charge in [-0.2, -0.15) is 8.78 Å². The van der Waals surface area contributed by atoms with E-state index in [-0.39, 0.29) is 0 Å².